The van der Waals surface area contributed by atoms with E-state index >= 15 is 0 Å². The van der Waals surface area contributed by atoms with Crippen molar-refractivity contribution in [1.29, 1.82) is 0 Å². The topological polar surface area (TPSA) is 50.8 Å². The second-order valence-electron chi connectivity index (χ2n) is 5.79. The number of fused-ring (bicyclic) bond motifs is 1. The van der Waals surface area contributed by atoms with Crippen molar-refractivity contribution in [2.45, 2.75) is 6.54 Å². The predicted molar refractivity (Wildman–Crippen MR) is 101 cm³/mol. The smallest absolute Gasteiger partial charge is 0.251 e. The van der Waals surface area contributed by atoms with Crippen LogP contribution < -0.4 is 4.90 Å². The summed E-state index contributed by atoms with van der Waals surface area (Å²) in [6.45, 7) is 0.413. The molecule has 0 aliphatic heterocycles. The molecule has 0 spiro atoms. The molecule has 0 aliphatic rings. The molecule has 1 aromatic carbocycles. The van der Waals surface area contributed by atoms with E-state index in [-0.39, 0.29) is 5.91 Å². The van der Waals surface area contributed by atoms with E-state index in [0.717, 1.165) is 17.0 Å². The number of carbonyl (C=O) groups is 1. The van der Waals surface area contributed by atoms with E-state index in [9.17, 15) is 4.79 Å². The van der Waals surface area contributed by atoms with Crippen molar-refractivity contribution in [2.75, 3.05) is 4.90 Å². The van der Waals surface area contributed by atoms with Gasteiger partial charge in [0.2, 0.25) is 0 Å². The number of para-hydroxylation sites is 1. The van der Waals surface area contributed by atoms with Crippen LogP contribution in [-0.4, -0.2) is 15.3 Å². The fourth-order valence-corrected chi connectivity index (χ4v) is 2.80. The van der Waals surface area contributed by atoms with Crippen molar-refractivity contribution in [3.63, 3.8) is 0 Å². The van der Waals surface area contributed by atoms with E-state index in [2.05, 4.69) is 4.98 Å². The maximum atomic E-state index is 12.9. The van der Waals surface area contributed by atoms with Gasteiger partial charge in [-0.2, -0.15) is 0 Å². The largest absolute Gasteiger partial charge is 0.465 e. The van der Waals surface area contributed by atoms with Crippen LogP contribution in [0, 0.1) is 0 Å². The molecule has 0 atom stereocenters. The summed E-state index contributed by atoms with van der Waals surface area (Å²) in [4.78, 5) is 19.0. The van der Waals surface area contributed by atoms with E-state index in [4.69, 9.17) is 4.42 Å². The molecule has 26 heavy (non-hydrogen) atoms. The quantitative estimate of drug-likeness (QED) is 0.511. The Morgan fingerprint density at radius 1 is 1.08 bits per heavy atom. The first kappa shape index (κ1) is 15.9. The Balaban J connectivity index is 1.66. The van der Waals surface area contributed by atoms with Gasteiger partial charge in [0.15, 0.2) is 0 Å². The average Bonchev–Trinajstić information content (AvgIpc) is 3.35. The number of rotatable bonds is 5. The van der Waals surface area contributed by atoms with Crippen LogP contribution in [0.25, 0.3) is 11.7 Å². The van der Waals surface area contributed by atoms with E-state index in [0.29, 0.717) is 12.3 Å². The van der Waals surface area contributed by atoms with Gasteiger partial charge in [-0.1, -0.05) is 24.3 Å². The summed E-state index contributed by atoms with van der Waals surface area (Å²) >= 11 is 0. The van der Waals surface area contributed by atoms with E-state index in [1.165, 1.54) is 6.08 Å². The molecule has 5 nitrogen and oxygen atoms in total. The lowest BCUT2D eigenvalue weighted by Gasteiger charge is -2.21. The van der Waals surface area contributed by atoms with Gasteiger partial charge in [0.1, 0.15) is 11.4 Å². The Hall–Kier alpha value is -3.60. The van der Waals surface area contributed by atoms with Crippen LogP contribution in [0.1, 0.15) is 11.5 Å². The van der Waals surface area contributed by atoms with Crippen LogP contribution in [0.5, 0.6) is 0 Å². The van der Waals surface area contributed by atoms with E-state index in [1.54, 1.807) is 35.6 Å². The molecule has 1 amide bonds. The molecule has 4 aromatic rings. The molecule has 0 fully saturated rings. The molecule has 0 radical (unpaired) electrons. The summed E-state index contributed by atoms with van der Waals surface area (Å²) in [5.41, 5.74) is 2.62. The third-order valence-corrected chi connectivity index (χ3v) is 4.08. The lowest BCUT2D eigenvalue weighted by atomic mass is 10.2. The third-order valence-electron chi connectivity index (χ3n) is 4.08. The predicted octanol–water partition coefficient (Wildman–Crippen LogP) is 4.17. The number of anilines is 1. The number of furan rings is 1. The Bertz CT molecular complexity index is 1030. The van der Waals surface area contributed by atoms with E-state index < -0.39 is 0 Å². The Morgan fingerprint density at radius 3 is 2.73 bits per heavy atom. The summed E-state index contributed by atoms with van der Waals surface area (Å²) in [6, 6.07) is 19.0. The summed E-state index contributed by atoms with van der Waals surface area (Å²) in [5, 5.41) is 0. The zero-order valence-electron chi connectivity index (χ0n) is 14.0. The number of benzene rings is 1. The monoisotopic (exact) mass is 343 g/mol. The van der Waals surface area contributed by atoms with Gasteiger partial charge in [0.25, 0.3) is 5.91 Å². The molecule has 3 heterocycles. The summed E-state index contributed by atoms with van der Waals surface area (Å²) in [6.07, 6.45) is 8.53. The highest BCUT2D eigenvalue weighted by Crippen LogP contribution is 2.19. The zero-order valence-corrected chi connectivity index (χ0v) is 14.0. The van der Waals surface area contributed by atoms with Gasteiger partial charge in [-0.3, -0.25) is 4.79 Å². The van der Waals surface area contributed by atoms with Crippen molar-refractivity contribution in [2.24, 2.45) is 0 Å². The van der Waals surface area contributed by atoms with Crippen LogP contribution in [0.4, 0.5) is 5.69 Å². The van der Waals surface area contributed by atoms with Crippen LogP contribution in [0.2, 0.25) is 0 Å². The molecule has 0 bridgehead atoms. The minimum absolute atomic E-state index is 0.126. The molecular formula is C21H17N3O2. The van der Waals surface area contributed by atoms with Gasteiger partial charge in [0.05, 0.1) is 24.7 Å². The number of amides is 1. The molecule has 5 heteroatoms. The van der Waals surface area contributed by atoms with Crippen molar-refractivity contribution >= 4 is 23.3 Å². The molecule has 0 unspecified atom stereocenters. The summed E-state index contributed by atoms with van der Waals surface area (Å²) in [7, 11) is 0. The molecule has 0 saturated heterocycles. The Kier molecular flexibility index (Phi) is 4.35. The van der Waals surface area contributed by atoms with Gasteiger partial charge < -0.3 is 13.7 Å². The zero-order chi connectivity index (χ0) is 17.8. The molecule has 128 valence electrons. The lowest BCUT2D eigenvalue weighted by molar-refractivity contribution is -0.114. The van der Waals surface area contributed by atoms with Crippen LogP contribution in [0.3, 0.4) is 0 Å². The number of pyridine rings is 1. The molecule has 4 rings (SSSR count). The lowest BCUT2D eigenvalue weighted by Crippen LogP contribution is -2.29. The number of imidazole rings is 1. The minimum atomic E-state index is -0.126. The van der Waals surface area contributed by atoms with Crippen LogP contribution in [0.15, 0.2) is 89.8 Å². The highest BCUT2D eigenvalue weighted by atomic mass is 16.3. The molecule has 0 saturated carbocycles. The number of hydrogen-bond acceptors (Lipinski definition) is 3. The maximum absolute atomic E-state index is 12.9. The minimum Gasteiger partial charge on any atom is -0.465 e. The number of carbonyl (C=O) groups excluding carboxylic acids is 1. The Morgan fingerprint density at radius 2 is 1.92 bits per heavy atom. The first-order valence-electron chi connectivity index (χ1n) is 8.30. The molecule has 0 aliphatic carbocycles. The standard InChI is InChI=1S/C21H17N3O2/c25-21(12-11-19-9-6-14-26-19)24(17-7-2-1-3-8-17)16-18-15-22-20-10-4-5-13-23(18)20/h1-15H,16H2/b12-11+. The second-order valence-corrected chi connectivity index (χ2v) is 5.79. The number of hydrogen-bond donors (Lipinski definition) is 0. The summed E-state index contributed by atoms with van der Waals surface area (Å²) < 4.78 is 7.25. The first-order chi connectivity index (χ1) is 12.8. The number of nitrogens with zero attached hydrogens (tertiary/aromatic N) is 3. The molecule has 3 aromatic heterocycles. The normalized spacial score (nSPS) is 11.2. The second kappa shape index (κ2) is 7.11. The van der Waals surface area contributed by atoms with Crippen molar-refractivity contribution < 1.29 is 9.21 Å². The maximum Gasteiger partial charge on any atom is 0.251 e. The van der Waals surface area contributed by atoms with Crippen molar-refractivity contribution in [3.8, 4) is 0 Å². The highest BCUT2D eigenvalue weighted by molar-refractivity contribution is 6.03. The van der Waals surface area contributed by atoms with Crippen molar-refractivity contribution in [1.82, 2.24) is 9.38 Å². The van der Waals surface area contributed by atoms with Crippen LogP contribution >= 0.6 is 0 Å². The SMILES string of the molecule is O=C(/C=C/c1ccco1)N(Cc1cnc2ccccn12)c1ccccc1. The van der Waals surface area contributed by atoms with Crippen molar-refractivity contribution in [3.05, 3.63) is 96.9 Å². The fourth-order valence-electron chi connectivity index (χ4n) is 2.80. The first-order valence-corrected chi connectivity index (χ1v) is 8.30. The van der Waals surface area contributed by atoms with Gasteiger partial charge in [-0.25, -0.2) is 4.98 Å². The average molecular weight is 343 g/mol. The van der Waals surface area contributed by atoms with Gasteiger partial charge in [0, 0.05) is 18.0 Å². The van der Waals surface area contributed by atoms with Gasteiger partial charge in [-0.15, -0.1) is 0 Å². The third kappa shape index (κ3) is 3.28. The van der Waals surface area contributed by atoms with Gasteiger partial charge in [-0.05, 0) is 42.5 Å². The van der Waals surface area contributed by atoms with Gasteiger partial charge >= 0.3 is 0 Å². The summed E-state index contributed by atoms with van der Waals surface area (Å²) in [5.74, 6) is 0.514. The van der Waals surface area contributed by atoms with Crippen LogP contribution in [-0.2, 0) is 11.3 Å². The Labute approximate surface area is 150 Å². The van der Waals surface area contributed by atoms with E-state index in [1.807, 2.05) is 59.1 Å². The molecular weight excluding hydrogens is 326 g/mol. The molecule has 0 N–H and O–H groups in total. The fraction of sp³-hybridized carbons (Fsp3) is 0.0476. The highest BCUT2D eigenvalue weighted by Gasteiger charge is 2.16. The number of aromatic nitrogens is 2.